The van der Waals surface area contributed by atoms with E-state index in [-0.39, 0.29) is 5.97 Å². The second-order valence-corrected chi connectivity index (χ2v) is 5.87. The van der Waals surface area contributed by atoms with Gasteiger partial charge in [0.1, 0.15) is 4.88 Å². The number of halogens is 1. The summed E-state index contributed by atoms with van der Waals surface area (Å²) in [6.45, 7) is 4.06. The van der Waals surface area contributed by atoms with Gasteiger partial charge in [-0.1, -0.05) is 29.8 Å². The lowest BCUT2D eigenvalue weighted by Crippen LogP contribution is -1.98. The van der Waals surface area contributed by atoms with Crippen molar-refractivity contribution >= 4 is 33.2 Å². The molecule has 2 rings (SSSR count). The van der Waals surface area contributed by atoms with Crippen molar-refractivity contribution in [3.63, 3.8) is 0 Å². The predicted molar refractivity (Wildman–Crippen MR) is 78.3 cm³/mol. The Hall–Kier alpha value is -1.13. The second-order valence-electron chi connectivity index (χ2n) is 4.06. The first-order valence-corrected chi connectivity index (χ1v) is 7.09. The molecule has 0 unspecified atom stereocenters. The summed E-state index contributed by atoms with van der Waals surface area (Å²) in [7, 11) is 1.40. The highest BCUT2D eigenvalue weighted by Crippen LogP contribution is 2.39. The minimum absolute atomic E-state index is 0.298. The highest BCUT2D eigenvalue weighted by molar-refractivity contribution is 9.10. The summed E-state index contributed by atoms with van der Waals surface area (Å²) >= 11 is 4.92. The molecule has 2 aromatic rings. The lowest BCUT2D eigenvalue weighted by atomic mass is 10.1. The van der Waals surface area contributed by atoms with Crippen LogP contribution in [0.1, 0.15) is 20.8 Å². The lowest BCUT2D eigenvalue weighted by Gasteiger charge is -2.00. The van der Waals surface area contributed by atoms with E-state index in [2.05, 4.69) is 47.1 Å². The van der Waals surface area contributed by atoms with Gasteiger partial charge in [0.15, 0.2) is 0 Å². The van der Waals surface area contributed by atoms with Gasteiger partial charge in [0.25, 0.3) is 0 Å². The standard InChI is InChI=1S/C14H13BrO2S/c1-8-4-6-10(7-5-8)12-9(2)11(15)13(18-12)14(16)17-3/h4-7H,1-3H3. The predicted octanol–water partition coefficient (Wildman–Crippen LogP) is 4.58. The Morgan fingerprint density at radius 1 is 1.22 bits per heavy atom. The van der Waals surface area contributed by atoms with Crippen LogP contribution in [-0.2, 0) is 4.74 Å². The molecule has 1 heterocycles. The number of ether oxygens (including phenoxy) is 1. The third-order valence-electron chi connectivity index (χ3n) is 2.76. The molecule has 0 N–H and O–H groups in total. The molecule has 0 fully saturated rings. The molecule has 0 radical (unpaired) electrons. The van der Waals surface area contributed by atoms with Crippen LogP contribution in [0.3, 0.4) is 0 Å². The smallest absolute Gasteiger partial charge is 0.349 e. The Morgan fingerprint density at radius 2 is 1.83 bits per heavy atom. The van der Waals surface area contributed by atoms with Crippen molar-refractivity contribution in [2.45, 2.75) is 13.8 Å². The zero-order chi connectivity index (χ0) is 13.3. The van der Waals surface area contributed by atoms with E-state index in [1.807, 2.05) is 6.92 Å². The van der Waals surface area contributed by atoms with Gasteiger partial charge in [-0.2, -0.15) is 0 Å². The van der Waals surface area contributed by atoms with Crippen LogP contribution < -0.4 is 0 Å². The van der Waals surface area contributed by atoms with Gasteiger partial charge in [0, 0.05) is 9.35 Å². The van der Waals surface area contributed by atoms with Crippen molar-refractivity contribution < 1.29 is 9.53 Å². The maximum absolute atomic E-state index is 11.6. The number of carbonyl (C=O) groups is 1. The van der Waals surface area contributed by atoms with Crippen molar-refractivity contribution in [1.29, 1.82) is 0 Å². The van der Waals surface area contributed by atoms with Crippen LogP contribution in [0.4, 0.5) is 0 Å². The van der Waals surface area contributed by atoms with Gasteiger partial charge in [0.2, 0.25) is 0 Å². The molecule has 0 aliphatic heterocycles. The van der Waals surface area contributed by atoms with Crippen LogP contribution in [0, 0.1) is 13.8 Å². The van der Waals surface area contributed by atoms with E-state index in [0.29, 0.717) is 4.88 Å². The number of benzene rings is 1. The Labute approximate surface area is 119 Å². The van der Waals surface area contributed by atoms with E-state index < -0.39 is 0 Å². The highest BCUT2D eigenvalue weighted by atomic mass is 79.9. The first-order valence-electron chi connectivity index (χ1n) is 5.49. The van der Waals surface area contributed by atoms with Gasteiger partial charge >= 0.3 is 5.97 Å². The molecule has 1 aromatic heterocycles. The third kappa shape index (κ3) is 2.35. The molecular formula is C14H13BrO2S. The summed E-state index contributed by atoms with van der Waals surface area (Å²) in [6.07, 6.45) is 0. The molecule has 0 aliphatic carbocycles. The van der Waals surface area contributed by atoms with Gasteiger partial charge < -0.3 is 4.74 Å². The molecule has 0 saturated carbocycles. The zero-order valence-corrected chi connectivity index (χ0v) is 12.8. The van der Waals surface area contributed by atoms with E-state index in [4.69, 9.17) is 4.74 Å². The molecule has 2 nitrogen and oxygen atoms in total. The highest BCUT2D eigenvalue weighted by Gasteiger charge is 2.19. The van der Waals surface area contributed by atoms with Crippen LogP contribution in [0.5, 0.6) is 0 Å². The number of esters is 1. The van der Waals surface area contributed by atoms with Crippen LogP contribution in [-0.4, -0.2) is 13.1 Å². The first-order chi connectivity index (χ1) is 8.54. The summed E-state index contributed by atoms with van der Waals surface area (Å²) in [5.41, 5.74) is 3.42. The fourth-order valence-electron chi connectivity index (χ4n) is 1.70. The van der Waals surface area contributed by atoms with Crippen molar-refractivity contribution in [2.24, 2.45) is 0 Å². The molecule has 0 aliphatic rings. The van der Waals surface area contributed by atoms with Crippen LogP contribution in [0.25, 0.3) is 10.4 Å². The third-order valence-corrected chi connectivity index (χ3v) is 5.33. The van der Waals surface area contributed by atoms with Crippen molar-refractivity contribution in [3.8, 4) is 10.4 Å². The van der Waals surface area contributed by atoms with Gasteiger partial charge in [-0.05, 0) is 40.9 Å². The summed E-state index contributed by atoms with van der Waals surface area (Å²) < 4.78 is 5.61. The average molecular weight is 325 g/mol. The average Bonchev–Trinajstić information content (AvgIpc) is 2.67. The number of thiophene rings is 1. The molecule has 1 aromatic carbocycles. The minimum Gasteiger partial charge on any atom is -0.465 e. The molecule has 0 spiro atoms. The summed E-state index contributed by atoms with van der Waals surface area (Å²) in [6, 6.07) is 8.28. The molecule has 18 heavy (non-hydrogen) atoms. The van der Waals surface area contributed by atoms with Gasteiger partial charge in [-0.25, -0.2) is 4.79 Å². The van der Waals surface area contributed by atoms with Crippen LogP contribution in [0.15, 0.2) is 28.7 Å². The second kappa shape index (κ2) is 5.24. The molecule has 0 amide bonds. The summed E-state index contributed by atoms with van der Waals surface area (Å²) in [5.74, 6) is -0.298. The first kappa shape index (κ1) is 13.3. The number of hydrogen-bond acceptors (Lipinski definition) is 3. The number of hydrogen-bond donors (Lipinski definition) is 0. The fourth-order valence-corrected chi connectivity index (χ4v) is 3.55. The topological polar surface area (TPSA) is 26.3 Å². The molecule has 0 atom stereocenters. The number of carbonyl (C=O) groups excluding carboxylic acids is 1. The largest absolute Gasteiger partial charge is 0.465 e. The SMILES string of the molecule is COC(=O)c1sc(-c2ccc(C)cc2)c(C)c1Br. The van der Waals surface area contributed by atoms with Gasteiger partial charge in [-0.15, -0.1) is 11.3 Å². The zero-order valence-electron chi connectivity index (χ0n) is 10.4. The quantitative estimate of drug-likeness (QED) is 0.756. The van der Waals surface area contributed by atoms with E-state index in [0.717, 1.165) is 20.5 Å². The Kier molecular flexibility index (Phi) is 3.88. The molecule has 94 valence electrons. The number of aryl methyl sites for hydroxylation is 1. The Balaban J connectivity index is 2.52. The lowest BCUT2D eigenvalue weighted by molar-refractivity contribution is 0.0605. The monoisotopic (exact) mass is 324 g/mol. The van der Waals surface area contributed by atoms with Gasteiger partial charge in [0.05, 0.1) is 7.11 Å². The Bertz CT molecular complexity index is 585. The van der Waals surface area contributed by atoms with E-state index in [1.165, 1.54) is 24.0 Å². The number of rotatable bonds is 2. The molecular weight excluding hydrogens is 312 g/mol. The van der Waals surface area contributed by atoms with Crippen molar-refractivity contribution in [2.75, 3.05) is 7.11 Å². The van der Waals surface area contributed by atoms with Crippen LogP contribution in [0.2, 0.25) is 0 Å². The summed E-state index contributed by atoms with van der Waals surface area (Å²) in [4.78, 5) is 13.4. The molecule has 0 saturated heterocycles. The normalized spacial score (nSPS) is 10.4. The van der Waals surface area contributed by atoms with Gasteiger partial charge in [-0.3, -0.25) is 0 Å². The minimum atomic E-state index is -0.298. The van der Waals surface area contributed by atoms with Crippen molar-refractivity contribution in [1.82, 2.24) is 0 Å². The molecule has 0 bridgehead atoms. The van der Waals surface area contributed by atoms with Crippen molar-refractivity contribution in [3.05, 3.63) is 44.7 Å². The summed E-state index contributed by atoms with van der Waals surface area (Å²) in [5, 5.41) is 0. The van der Waals surface area contributed by atoms with Crippen LogP contribution >= 0.6 is 27.3 Å². The fraction of sp³-hybridized carbons (Fsp3) is 0.214. The van der Waals surface area contributed by atoms with E-state index in [1.54, 1.807) is 0 Å². The maximum Gasteiger partial charge on any atom is 0.349 e. The van der Waals surface area contributed by atoms with E-state index >= 15 is 0 Å². The Morgan fingerprint density at radius 3 is 2.39 bits per heavy atom. The molecule has 4 heteroatoms. The maximum atomic E-state index is 11.6. The van der Waals surface area contributed by atoms with E-state index in [9.17, 15) is 4.79 Å². The number of methoxy groups -OCH3 is 1.